The lowest BCUT2D eigenvalue weighted by molar-refractivity contribution is -0.116. The van der Waals surface area contributed by atoms with Gasteiger partial charge in [0, 0.05) is 17.1 Å². The summed E-state index contributed by atoms with van der Waals surface area (Å²) in [4.78, 5) is 11.9. The third kappa shape index (κ3) is 5.83. The number of ether oxygens (including phenoxy) is 2. The first kappa shape index (κ1) is 17.2. The molecule has 0 aliphatic heterocycles. The summed E-state index contributed by atoms with van der Waals surface area (Å²) in [6, 6.07) is 14.6. The minimum absolute atomic E-state index is 0.0611. The van der Waals surface area contributed by atoms with E-state index in [2.05, 4.69) is 5.32 Å². The third-order valence-corrected chi connectivity index (χ3v) is 3.30. The largest absolute Gasteiger partial charge is 0.490 e. The fraction of sp³-hybridized carbons (Fsp3) is 0.278. The molecule has 122 valence electrons. The van der Waals surface area contributed by atoms with Crippen molar-refractivity contribution in [1.29, 1.82) is 0 Å². The van der Waals surface area contributed by atoms with Crippen LogP contribution in [0.15, 0.2) is 48.5 Å². The normalized spacial score (nSPS) is 10.2. The molecule has 23 heavy (non-hydrogen) atoms. The van der Waals surface area contributed by atoms with Gasteiger partial charge in [-0.25, -0.2) is 0 Å². The van der Waals surface area contributed by atoms with Crippen LogP contribution in [-0.4, -0.2) is 19.1 Å². The van der Waals surface area contributed by atoms with E-state index in [0.29, 0.717) is 42.5 Å². The second-order valence-corrected chi connectivity index (χ2v) is 5.33. The molecule has 0 bridgehead atoms. The Bertz CT molecular complexity index is 646. The van der Waals surface area contributed by atoms with Crippen molar-refractivity contribution in [3.05, 3.63) is 53.6 Å². The van der Waals surface area contributed by atoms with Crippen molar-refractivity contribution in [3.8, 4) is 11.5 Å². The summed E-state index contributed by atoms with van der Waals surface area (Å²) in [6.45, 7) is 2.96. The second-order valence-electron chi connectivity index (χ2n) is 4.89. The minimum Gasteiger partial charge on any atom is -0.490 e. The molecular weight excluding hydrogens is 314 g/mol. The molecule has 0 aliphatic carbocycles. The SMILES string of the molecule is CCOc1ccccc1OCCCC(=O)Nc1cccc(Cl)c1. The topological polar surface area (TPSA) is 47.6 Å². The Morgan fingerprint density at radius 1 is 1.09 bits per heavy atom. The first-order valence-electron chi connectivity index (χ1n) is 7.59. The average molecular weight is 334 g/mol. The highest BCUT2D eigenvalue weighted by molar-refractivity contribution is 6.30. The van der Waals surface area contributed by atoms with E-state index in [9.17, 15) is 4.79 Å². The maximum atomic E-state index is 11.9. The van der Waals surface area contributed by atoms with Gasteiger partial charge < -0.3 is 14.8 Å². The van der Waals surface area contributed by atoms with Crippen LogP contribution in [0.3, 0.4) is 0 Å². The van der Waals surface area contributed by atoms with E-state index in [4.69, 9.17) is 21.1 Å². The van der Waals surface area contributed by atoms with Crippen molar-refractivity contribution in [1.82, 2.24) is 0 Å². The highest BCUT2D eigenvalue weighted by Gasteiger charge is 2.05. The number of amides is 1. The Hall–Kier alpha value is -2.20. The number of carbonyl (C=O) groups excluding carboxylic acids is 1. The number of rotatable bonds is 8. The van der Waals surface area contributed by atoms with Gasteiger partial charge in [0.15, 0.2) is 11.5 Å². The number of carbonyl (C=O) groups is 1. The van der Waals surface area contributed by atoms with Gasteiger partial charge in [-0.1, -0.05) is 29.8 Å². The Morgan fingerprint density at radius 2 is 1.83 bits per heavy atom. The van der Waals surface area contributed by atoms with Crippen molar-refractivity contribution < 1.29 is 14.3 Å². The maximum absolute atomic E-state index is 11.9. The van der Waals surface area contributed by atoms with Gasteiger partial charge in [0.1, 0.15) is 0 Å². The molecule has 0 aliphatic rings. The molecule has 0 aromatic heterocycles. The van der Waals surface area contributed by atoms with E-state index >= 15 is 0 Å². The van der Waals surface area contributed by atoms with E-state index in [1.54, 1.807) is 24.3 Å². The van der Waals surface area contributed by atoms with Crippen LogP contribution in [-0.2, 0) is 4.79 Å². The molecule has 2 aromatic rings. The lowest BCUT2D eigenvalue weighted by atomic mass is 10.2. The van der Waals surface area contributed by atoms with Crippen molar-refractivity contribution in [3.63, 3.8) is 0 Å². The van der Waals surface area contributed by atoms with Crippen LogP contribution >= 0.6 is 11.6 Å². The van der Waals surface area contributed by atoms with Crippen LogP contribution < -0.4 is 14.8 Å². The molecule has 2 aromatic carbocycles. The maximum Gasteiger partial charge on any atom is 0.224 e. The number of anilines is 1. The zero-order chi connectivity index (χ0) is 16.5. The summed E-state index contributed by atoms with van der Waals surface area (Å²) < 4.78 is 11.2. The van der Waals surface area contributed by atoms with E-state index in [0.717, 1.165) is 5.75 Å². The van der Waals surface area contributed by atoms with Gasteiger partial charge in [0.05, 0.1) is 13.2 Å². The van der Waals surface area contributed by atoms with Crippen LogP contribution in [0.4, 0.5) is 5.69 Å². The number of benzene rings is 2. The molecule has 0 unspecified atom stereocenters. The Morgan fingerprint density at radius 3 is 2.52 bits per heavy atom. The number of nitrogens with one attached hydrogen (secondary N) is 1. The fourth-order valence-corrected chi connectivity index (χ4v) is 2.24. The van der Waals surface area contributed by atoms with E-state index < -0.39 is 0 Å². The second kappa shape index (κ2) is 9.06. The number of halogens is 1. The van der Waals surface area contributed by atoms with Crippen LogP contribution in [0.1, 0.15) is 19.8 Å². The lowest BCUT2D eigenvalue weighted by Crippen LogP contribution is -2.12. The monoisotopic (exact) mass is 333 g/mol. The zero-order valence-electron chi connectivity index (χ0n) is 13.0. The Labute approximate surface area is 141 Å². The number of para-hydroxylation sites is 2. The van der Waals surface area contributed by atoms with Gasteiger partial charge in [-0.15, -0.1) is 0 Å². The minimum atomic E-state index is -0.0611. The van der Waals surface area contributed by atoms with Crippen molar-refractivity contribution in [2.75, 3.05) is 18.5 Å². The van der Waals surface area contributed by atoms with E-state index in [1.807, 2.05) is 31.2 Å². The first-order chi connectivity index (χ1) is 11.2. The van der Waals surface area contributed by atoms with Crippen LogP contribution in [0.25, 0.3) is 0 Å². The predicted molar refractivity (Wildman–Crippen MR) is 92.4 cm³/mol. The number of hydrogen-bond donors (Lipinski definition) is 1. The van der Waals surface area contributed by atoms with Gasteiger partial charge in [-0.3, -0.25) is 4.79 Å². The highest BCUT2D eigenvalue weighted by Crippen LogP contribution is 2.26. The quantitative estimate of drug-likeness (QED) is 0.722. The van der Waals surface area contributed by atoms with Crippen molar-refractivity contribution in [2.24, 2.45) is 0 Å². The molecular formula is C18H20ClNO3. The van der Waals surface area contributed by atoms with E-state index in [-0.39, 0.29) is 5.91 Å². The summed E-state index contributed by atoms with van der Waals surface area (Å²) in [6.07, 6.45) is 0.996. The van der Waals surface area contributed by atoms with Crippen LogP contribution in [0.2, 0.25) is 5.02 Å². The molecule has 0 spiro atoms. The molecule has 1 amide bonds. The zero-order valence-corrected chi connectivity index (χ0v) is 13.8. The predicted octanol–water partition coefficient (Wildman–Crippen LogP) is 4.54. The molecule has 0 atom stereocenters. The number of hydrogen-bond acceptors (Lipinski definition) is 3. The fourth-order valence-electron chi connectivity index (χ4n) is 2.05. The summed E-state index contributed by atoms with van der Waals surface area (Å²) >= 11 is 5.88. The molecule has 4 nitrogen and oxygen atoms in total. The van der Waals surface area contributed by atoms with E-state index in [1.165, 1.54) is 0 Å². The van der Waals surface area contributed by atoms with Crippen molar-refractivity contribution >= 4 is 23.2 Å². The van der Waals surface area contributed by atoms with Crippen LogP contribution in [0.5, 0.6) is 11.5 Å². The lowest BCUT2D eigenvalue weighted by Gasteiger charge is -2.11. The van der Waals surface area contributed by atoms with Gasteiger partial charge in [0.25, 0.3) is 0 Å². The van der Waals surface area contributed by atoms with Gasteiger partial charge in [0.2, 0.25) is 5.91 Å². The molecule has 0 saturated heterocycles. The average Bonchev–Trinajstić information content (AvgIpc) is 2.53. The summed E-state index contributed by atoms with van der Waals surface area (Å²) in [5.74, 6) is 1.36. The standard InChI is InChI=1S/C18H20ClNO3/c1-2-22-16-9-3-4-10-17(16)23-12-6-11-18(21)20-15-8-5-7-14(19)13-15/h3-5,7-10,13H,2,6,11-12H2,1H3,(H,20,21). The molecule has 0 radical (unpaired) electrons. The molecule has 2 rings (SSSR count). The van der Waals surface area contributed by atoms with Gasteiger partial charge >= 0.3 is 0 Å². The highest BCUT2D eigenvalue weighted by atomic mass is 35.5. The summed E-state index contributed by atoms with van der Waals surface area (Å²) in [7, 11) is 0. The molecule has 0 heterocycles. The third-order valence-electron chi connectivity index (χ3n) is 3.06. The smallest absolute Gasteiger partial charge is 0.224 e. The molecule has 1 N–H and O–H groups in total. The summed E-state index contributed by atoms with van der Waals surface area (Å²) in [5, 5.41) is 3.41. The van der Waals surface area contributed by atoms with Gasteiger partial charge in [-0.2, -0.15) is 0 Å². The summed E-state index contributed by atoms with van der Waals surface area (Å²) in [5.41, 5.74) is 0.699. The van der Waals surface area contributed by atoms with Crippen molar-refractivity contribution in [2.45, 2.75) is 19.8 Å². The Balaban J connectivity index is 1.74. The Kier molecular flexibility index (Phi) is 6.76. The molecule has 5 heteroatoms. The molecule has 0 fully saturated rings. The van der Waals surface area contributed by atoms with Crippen LogP contribution in [0, 0.1) is 0 Å². The van der Waals surface area contributed by atoms with Gasteiger partial charge in [-0.05, 0) is 43.7 Å². The molecule has 0 saturated carbocycles. The first-order valence-corrected chi connectivity index (χ1v) is 7.97.